The minimum Gasteiger partial charge on any atom is -0.339 e. The average molecular weight is 387 g/mol. The zero-order chi connectivity index (χ0) is 15.7. The molecule has 0 aliphatic rings. The third kappa shape index (κ3) is 3.71. The van der Waals surface area contributed by atoms with Gasteiger partial charge in [0.25, 0.3) is 15.0 Å². The lowest BCUT2D eigenvalue weighted by molar-refractivity contribution is 0.0739. The Morgan fingerprint density at radius 2 is 2.05 bits per heavy atom. The molecule has 0 aliphatic carbocycles. The van der Waals surface area contributed by atoms with E-state index < -0.39 is 25.7 Å². The van der Waals surface area contributed by atoms with E-state index in [9.17, 15) is 17.6 Å². The average Bonchev–Trinajstić information content (AvgIpc) is 2.37. The molecule has 4 nitrogen and oxygen atoms in total. The van der Waals surface area contributed by atoms with Crippen LogP contribution in [0.25, 0.3) is 0 Å². The second-order valence-electron chi connectivity index (χ2n) is 4.38. The molecule has 0 aromatic heterocycles. The summed E-state index contributed by atoms with van der Waals surface area (Å²) in [5.41, 5.74) is -0.0768. The number of carbonyl (C=O) groups excluding carboxylic acids is 1. The minimum absolute atomic E-state index is 0.0333. The Balaban J connectivity index is 3.40. The van der Waals surface area contributed by atoms with Crippen molar-refractivity contribution >= 4 is 41.6 Å². The molecular formula is C12H14BrClFNO3S. The fourth-order valence-corrected chi connectivity index (χ4v) is 3.82. The van der Waals surface area contributed by atoms with E-state index >= 15 is 0 Å². The molecule has 1 amide bonds. The first kappa shape index (κ1) is 17.4. The second kappa shape index (κ2) is 6.41. The molecular weight excluding hydrogens is 373 g/mol. The molecule has 0 heterocycles. The zero-order valence-corrected chi connectivity index (χ0v) is 14.3. The van der Waals surface area contributed by atoms with Gasteiger partial charge in [0, 0.05) is 23.8 Å². The van der Waals surface area contributed by atoms with Crippen LogP contribution in [0, 0.1) is 5.82 Å². The van der Waals surface area contributed by atoms with Gasteiger partial charge in [-0.25, -0.2) is 12.8 Å². The Bertz CT molecular complexity index is 636. The van der Waals surface area contributed by atoms with Gasteiger partial charge in [-0.15, -0.1) is 0 Å². The highest BCUT2D eigenvalue weighted by Gasteiger charge is 2.25. The molecule has 0 N–H and O–H groups in total. The normalized spacial score (nSPS) is 13.1. The summed E-state index contributed by atoms with van der Waals surface area (Å²) in [5, 5.41) is 0. The Kier molecular flexibility index (Phi) is 5.57. The smallest absolute Gasteiger partial charge is 0.262 e. The number of hydrogen-bond acceptors (Lipinski definition) is 3. The summed E-state index contributed by atoms with van der Waals surface area (Å²) in [5.74, 6) is -1.32. The van der Waals surface area contributed by atoms with Gasteiger partial charge in [0.1, 0.15) is 10.7 Å². The molecule has 0 saturated carbocycles. The van der Waals surface area contributed by atoms with Crippen LogP contribution in [-0.2, 0) is 9.05 Å². The van der Waals surface area contributed by atoms with Crippen LogP contribution in [-0.4, -0.2) is 32.3 Å². The fraction of sp³-hybridized carbons (Fsp3) is 0.417. The molecule has 0 fully saturated rings. The van der Waals surface area contributed by atoms with Crippen molar-refractivity contribution in [3.05, 3.63) is 28.0 Å². The quantitative estimate of drug-likeness (QED) is 0.745. The molecule has 0 radical (unpaired) electrons. The monoisotopic (exact) mass is 385 g/mol. The second-order valence-corrected chi connectivity index (χ2v) is 7.70. The lowest BCUT2D eigenvalue weighted by Crippen LogP contribution is -2.35. The van der Waals surface area contributed by atoms with Crippen molar-refractivity contribution in [2.75, 3.05) is 7.05 Å². The Morgan fingerprint density at radius 1 is 1.50 bits per heavy atom. The van der Waals surface area contributed by atoms with E-state index in [0.717, 1.165) is 18.6 Å². The molecule has 0 aliphatic heterocycles. The lowest BCUT2D eigenvalue weighted by atomic mass is 10.1. The maximum absolute atomic E-state index is 13.5. The fourth-order valence-electron chi connectivity index (χ4n) is 1.56. The first-order valence-corrected chi connectivity index (χ1v) is 8.90. The van der Waals surface area contributed by atoms with Crippen molar-refractivity contribution in [1.82, 2.24) is 4.90 Å². The molecule has 1 rings (SSSR count). The molecule has 1 unspecified atom stereocenters. The van der Waals surface area contributed by atoms with E-state index in [1.807, 2.05) is 13.8 Å². The molecule has 1 aromatic carbocycles. The van der Waals surface area contributed by atoms with Crippen LogP contribution in [0.5, 0.6) is 0 Å². The summed E-state index contributed by atoms with van der Waals surface area (Å²) in [6, 6.07) is 1.69. The van der Waals surface area contributed by atoms with Crippen molar-refractivity contribution in [3.63, 3.8) is 0 Å². The highest BCUT2D eigenvalue weighted by Crippen LogP contribution is 2.30. The molecule has 8 heteroatoms. The van der Waals surface area contributed by atoms with Crippen molar-refractivity contribution < 1.29 is 17.6 Å². The molecule has 0 bridgehead atoms. The van der Waals surface area contributed by atoms with E-state index in [4.69, 9.17) is 10.7 Å². The Hall–Kier alpha value is -0.660. The number of benzene rings is 1. The van der Waals surface area contributed by atoms with Gasteiger partial charge < -0.3 is 4.90 Å². The van der Waals surface area contributed by atoms with Crippen LogP contribution < -0.4 is 0 Å². The van der Waals surface area contributed by atoms with Gasteiger partial charge in [-0.1, -0.05) is 6.92 Å². The van der Waals surface area contributed by atoms with Crippen molar-refractivity contribution in [1.29, 1.82) is 0 Å². The van der Waals surface area contributed by atoms with Crippen LogP contribution in [0.4, 0.5) is 4.39 Å². The van der Waals surface area contributed by atoms with E-state index in [1.54, 1.807) is 7.05 Å². The number of hydrogen-bond donors (Lipinski definition) is 0. The van der Waals surface area contributed by atoms with Crippen LogP contribution in [0.15, 0.2) is 21.5 Å². The number of halogens is 3. The summed E-state index contributed by atoms with van der Waals surface area (Å²) in [4.78, 5) is 13.3. The van der Waals surface area contributed by atoms with Crippen molar-refractivity contribution in [3.8, 4) is 0 Å². The lowest BCUT2D eigenvalue weighted by Gasteiger charge is -2.24. The van der Waals surface area contributed by atoms with E-state index in [0.29, 0.717) is 0 Å². The molecule has 1 aromatic rings. The minimum atomic E-state index is -4.15. The van der Waals surface area contributed by atoms with E-state index in [2.05, 4.69) is 15.9 Å². The number of carbonyl (C=O) groups is 1. The largest absolute Gasteiger partial charge is 0.339 e. The van der Waals surface area contributed by atoms with Gasteiger partial charge in [-0.3, -0.25) is 4.79 Å². The van der Waals surface area contributed by atoms with Gasteiger partial charge >= 0.3 is 0 Å². The van der Waals surface area contributed by atoms with Crippen molar-refractivity contribution in [2.45, 2.75) is 31.2 Å². The predicted molar refractivity (Wildman–Crippen MR) is 79.0 cm³/mol. The molecule has 0 spiro atoms. The summed E-state index contributed by atoms with van der Waals surface area (Å²) in [6.07, 6.45) is 0.718. The first-order chi connectivity index (χ1) is 9.09. The third-order valence-electron chi connectivity index (χ3n) is 3.07. The topological polar surface area (TPSA) is 54.5 Å². The van der Waals surface area contributed by atoms with E-state index in [1.165, 1.54) is 4.90 Å². The highest BCUT2D eigenvalue weighted by atomic mass is 79.9. The zero-order valence-electron chi connectivity index (χ0n) is 11.2. The number of amides is 1. The SMILES string of the molecule is CCC(C)N(C)C(=O)c1cc(F)cc(S(=O)(=O)Cl)c1Br. The van der Waals surface area contributed by atoms with Crippen molar-refractivity contribution in [2.24, 2.45) is 0 Å². The number of nitrogens with zero attached hydrogens (tertiary/aromatic N) is 1. The van der Waals surface area contributed by atoms with Gasteiger partial charge in [0.2, 0.25) is 0 Å². The van der Waals surface area contributed by atoms with Gasteiger partial charge in [-0.2, -0.15) is 0 Å². The summed E-state index contributed by atoms with van der Waals surface area (Å²) in [7, 11) is 2.66. The van der Waals surface area contributed by atoms with Crippen LogP contribution in [0.3, 0.4) is 0 Å². The molecule has 0 saturated heterocycles. The standard InChI is InChI=1S/C12H14BrClFNO3S/c1-4-7(2)16(3)12(17)9-5-8(15)6-10(11(9)13)20(14,18)19/h5-7H,4H2,1-3H3. The van der Waals surface area contributed by atoms with Gasteiger partial charge in [0.05, 0.1) is 10.0 Å². The van der Waals surface area contributed by atoms with Crippen LogP contribution in [0.1, 0.15) is 30.6 Å². The van der Waals surface area contributed by atoms with Crippen LogP contribution in [0.2, 0.25) is 0 Å². The van der Waals surface area contributed by atoms with E-state index in [-0.39, 0.29) is 16.1 Å². The highest BCUT2D eigenvalue weighted by molar-refractivity contribution is 9.10. The summed E-state index contributed by atoms with van der Waals surface area (Å²) < 4.78 is 36.3. The maximum Gasteiger partial charge on any atom is 0.262 e. The predicted octanol–water partition coefficient (Wildman–Crippen LogP) is 3.39. The first-order valence-electron chi connectivity index (χ1n) is 5.80. The molecule has 1 atom stereocenters. The maximum atomic E-state index is 13.5. The van der Waals surface area contributed by atoms with Gasteiger partial charge in [-0.05, 0) is 41.4 Å². The number of rotatable bonds is 4. The Morgan fingerprint density at radius 3 is 2.50 bits per heavy atom. The summed E-state index contributed by atoms with van der Waals surface area (Å²) in [6.45, 7) is 3.74. The Labute approximate surface area is 130 Å². The summed E-state index contributed by atoms with van der Waals surface area (Å²) >= 11 is 3.01. The molecule has 112 valence electrons. The third-order valence-corrected chi connectivity index (χ3v) is 5.53. The van der Waals surface area contributed by atoms with Crippen LogP contribution >= 0.6 is 26.6 Å². The molecule has 20 heavy (non-hydrogen) atoms. The van der Waals surface area contributed by atoms with Gasteiger partial charge in [0.15, 0.2) is 0 Å².